The van der Waals surface area contributed by atoms with E-state index in [1.54, 1.807) is 7.11 Å². The predicted molar refractivity (Wildman–Crippen MR) is 69.6 cm³/mol. The number of nitrogens with zero attached hydrogens (tertiary/aromatic N) is 2. The number of nitrogens with one attached hydrogen (secondary N) is 1. The number of anilines is 1. The first kappa shape index (κ1) is 13.2. The number of ether oxygens (including phenoxy) is 2. The fourth-order valence-corrected chi connectivity index (χ4v) is 2.22. The van der Waals surface area contributed by atoms with Gasteiger partial charge in [0.1, 0.15) is 11.9 Å². The SMILES string of the molecule is CCCC(OC)c1nc2c(c(NC)n1)COCC2. The number of methoxy groups -OCH3 is 1. The van der Waals surface area contributed by atoms with Crippen molar-refractivity contribution in [3.63, 3.8) is 0 Å². The minimum absolute atomic E-state index is 0.0183. The van der Waals surface area contributed by atoms with E-state index in [2.05, 4.69) is 22.2 Å². The summed E-state index contributed by atoms with van der Waals surface area (Å²) in [7, 11) is 3.59. The van der Waals surface area contributed by atoms with Gasteiger partial charge in [-0.1, -0.05) is 13.3 Å². The lowest BCUT2D eigenvalue weighted by atomic mass is 10.1. The maximum absolute atomic E-state index is 5.48. The molecule has 0 saturated carbocycles. The summed E-state index contributed by atoms with van der Waals surface area (Å²) < 4.78 is 10.9. The van der Waals surface area contributed by atoms with E-state index in [9.17, 15) is 0 Å². The van der Waals surface area contributed by atoms with E-state index in [-0.39, 0.29) is 6.10 Å². The molecule has 5 nitrogen and oxygen atoms in total. The standard InChI is InChI=1S/C13H21N3O2/c1-4-5-11(17-3)13-15-10-6-7-18-8-9(10)12(14-2)16-13/h11H,4-8H2,1-3H3,(H,14,15,16). The third-order valence-electron chi connectivity index (χ3n) is 3.20. The van der Waals surface area contributed by atoms with Crippen LogP contribution < -0.4 is 5.32 Å². The molecule has 0 radical (unpaired) electrons. The maximum Gasteiger partial charge on any atom is 0.159 e. The summed E-state index contributed by atoms with van der Waals surface area (Å²) in [5.74, 6) is 1.65. The van der Waals surface area contributed by atoms with Gasteiger partial charge in [0.15, 0.2) is 5.82 Å². The zero-order valence-electron chi connectivity index (χ0n) is 11.3. The van der Waals surface area contributed by atoms with Crippen molar-refractivity contribution in [1.29, 1.82) is 0 Å². The van der Waals surface area contributed by atoms with Crippen molar-refractivity contribution in [2.45, 2.75) is 38.9 Å². The Balaban J connectivity index is 2.36. The molecule has 1 atom stereocenters. The van der Waals surface area contributed by atoms with Gasteiger partial charge in [-0.05, 0) is 6.42 Å². The Labute approximate surface area is 108 Å². The van der Waals surface area contributed by atoms with Crippen molar-refractivity contribution in [1.82, 2.24) is 9.97 Å². The number of fused-ring (bicyclic) bond motifs is 1. The first-order valence-electron chi connectivity index (χ1n) is 6.48. The second-order valence-electron chi connectivity index (χ2n) is 4.42. The first-order chi connectivity index (χ1) is 8.80. The van der Waals surface area contributed by atoms with Gasteiger partial charge in [-0.15, -0.1) is 0 Å². The zero-order valence-corrected chi connectivity index (χ0v) is 11.3. The second-order valence-corrected chi connectivity index (χ2v) is 4.42. The number of rotatable bonds is 5. The molecule has 1 N–H and O–H groups in total. The molecule has 0 bridgehead atoms. The summed E-state index contributed by atoms with van der Waals surface area (Å²) in [6.45, 7) is 3.46. The molecule has 0 aliphatic carbocycles. The molecule has 18 heavy (non-hydrogen) atoms. The van der Waals surface area contributed by atoms with E-state index in [0.717, 1.165) is 48.8 Å². The first-order valence-corrected chi connectivity index (χ1v) is 6.48. The fourth-order valence-electron chi connectivity index (χ4n) is 2.22. The third kappa shape index (κ3) is 2.62. The van der Waals surface area contributed by atoms with E-state index in [1.165, 1.54) is 0 Å². The Morgan fingerprint density at radius 1 is 1.44 bits per heavy atom. The maximum atomic E-state index is 5.48. The minimum Gasteiger partial charge on any atom is -0.376 e. The normalized spacial score (nSPS) is 16.2. The highest BCUT2D eigenvalue weighted by Crippen LogP contribution is 2.26. The number of aromatic nitrogens is 2. The molecule has 2 heterocycles. The highest BCUT2D eigenvalue weighted by atomic mass is 16.5. The van der Waals surface area contributed by atoms with Crippen LogP contribution in [0, 0.1) is 0 Å². The van der Waals surface area contributed by atoms with Crippen LogP contribution in [0.4, 0.5) is 5.82 Å². The zero-order chi connectivity index (χ0) is 13.0. The van der Waals surface area contributed by atoms with E-state index >= 15 is 0 Å². The highest BCUT2D eigenvalue weighted by Gasteiger charge is 2.21. The van der Waals surface area contributed by atoms with Crippen LogP contribution in [0.5, 0.6) is 0 Å². The second kappa shape index (κ2) is 6.11. The van der Waals surface area contributed by atoms with Gasteiger partial charge in [0.05, 0.1) is 18.9 Å². The smallest absolute Gasteiger partial charge is 0.159 e. The molecule has 0 spiro atoms. The molecule has 0 fully saturated rings. The molecule has 0 saturated heterocycles. The Hall–Kier alpha value is -1.20. The largest absolute Gasteiger partial charge is 0.376 e. The van der Waals surface area contributed by atoms with Crippen LogP contribution in [0.15, 0.2) is 0 Å². The quantitative estimate of drug-likeness (QED) is 0.868. The molecule has 5 heteroatoms. The van der Waals surface area contributed by atoms with E-state index in [4.69, 9.17) is 9.47 Å². The van der Waals surface area contributed by atoms with Crippen LogP contribution in [-0.2, 0) is 22.5 Å². The van der Waals surface area contributed by atoms with Crippen LogP contribution in [0.25, 0.3) is 0 Å². The fraction of sp³-hybridized carbons (Fsp3) is 0.692. The van der Waals surface area contributed by atoms with E-state index in [1.807, 2.05) is 7.05 Å². The Morgan fingerprint density at radius 3 is 2.94 bits per heavy atom. The van der Waals surface area contributed by atoms with Crippen molar-refractivity contribution in [2.75, 3.05) is 26.1 Å². The molecule has 2 rings (SSSR count). The molecule has 1 aliphatic rings. The summed E-state index contributed by atoms with van der Waals surface area (Å²) in [6, 6.07) is 0. The molecule has 100 valence electrons. The molecular formula is C13H21N3O2. The molecule has 1 aromatic rings. The average Bonchev–Trinajstić information content (AvgIpc) is 2.43. The summed E-state index contributed by atoms with van der Waals surface area (Å²) in [4.78, 5) is 9.22. The van der Waals surface area contributed by atoms with Crippen molar-refractivity contribution in [3.05, 3.63) is 17.1 Å². The van der Waals surface area contributed by atoms with E-state index in [0.29, 0.717) is 6.61 Å². The van der Waals surface area contributed by atoms with Crippen molar-refractivity contribution in [3.8, 4) is 0 Å². The van der Waals surface area contributed by atoms with Gasteiger partial charge in [0, 0.05) is 26.1 Å². The Kier molecular flexibility index (Phi) is 4.49. The van der Waals surface area contributed by atoms with Gasteiger partial charge in [-0.2, -0.15) is 0 Å². The topological polar surface area (TPSA) is 56.3 Å². The van der Waals surface area contributed by atoms with E-state index < -0.39 is 0 Å². The summed E-state index contributed by atoms with van der Waals surface area (Å²) in [6.07, 6.45) is 2.82. The number of hydrogen-bond acceptors (Lipinski definition) is 5. The molecule has 0 aromatic carbocycles. The van der Waals surface area contributed by atoms with Crippen molar-refractivity contribution < 1.29 is 9.47 Å². The molecule has 0 amide bonds. The van der Waals surface area contributed by atoms with Crippen LogP contribution in [0.1, 0.15) is 43.0 Å². The third-order valence-corrected chi connectivity index (χ3v) is 3.20. The van der Waals surface area contributed by atoms with Crippen molar-refractivity contribution >= 4 is 5.82 Å². The Morgan fingerprint density at radius 2 is 2.28 bits per heavy atom. The van der Waals surface area contributed by atoms with Gasteiger partial charge in [0.25, 0.3) is 0 Å². The van der Waals surface area contributed by atoms with Crippen molar-refractivity contribution in [2.24, 2.45) is 0 Å². The molecule has 1 aromatic heterocycles. The summed E-state index contributed by atoms with van der Waals surface area (Å²) in [5, 5.41) is 3.13. The monoisotopic (exact) mass is 251 g/mol. The minimum atomic E-state index is -0.0183. The highest BCUT2D eigenvalue weighted by molar-refractivity contribution is 5.46. The lowest BCUT2D eigenvalue weighted by Crippen LogP contribution is -2.19. The number of hydrogen-bond donors (Lipinski definition) is 1. The molecule has 1 aliphatic heterocycles. The van der Waals surface area contributed by atoms with Gasteiger partial charge >= 0.3 is 0 Å². The van der Waals surface area contributed by atoms with Crippen LogP contribution >= 0.6 is 0 Å². The lowest BCUT2D eigenvalue weighted by Gasteiger charge is -2.21. The summed E-state index contributed by atoms with van der Waals surface area (Å²) >= 11 is 0. The molecular weight excluding hydrogens is 230 g/mol. The van der Waals surface area contributed by atoms with Gasteiger partial charge in [0.2, 0.25) is 0 Å². The van der Waals surface area contributed by atoms with Crippen LogP contribution in [0.3, 0.4) is 0 Å². The van der Waals surface area contributed by atoms with Gasteiger partial charge in [-0.3, -0.25) is 0 Å². The molecule has 1 unspecified atom stereocenters. The predicted octanol–water partition coefficient (Wildman–Crippen LogP) is 2.08. The Bertz CT molecular complexity index is 392. The van der Waals surface area contributed by atoms with Gasteiger partial charge < -0.3 is 14.8 Å². The van der Waals surface area contributed by atoms with Crippen LogP contribution in [-0.4, -0.2) is 30.7 Å². The summed E-state index contributed by atoms with van der Waals surface area (Å²) in [5.41, 5.74) is 2.17. The average molecular weight is 251 g/mol. The van der Waals surface area contributed by atoms with Crippen LogP contribution in [0.2, 0.25) is 0 Å². The lowest BCUT2D eigenvalue weighted by molar-refractivity contribution is 0.0851. The van der Waals surface area contributed by atoms with Gasteiger partial charge in [-0.25, -0.2) is 9.97 Å².